The van der Waals surface area contributed by atoms with E-state index in [0.29, 0.717) is 11.2 Å². The van der Waals surface area contributed by atoms with E-state index in [4.69, 9.17) is 0 Å². The Balaban J connectivity index is 1.84. The van der Waals surface area contributed by atoms with E-state index in [1.54, 1.807) is 0 Å². The molecule has 114 valence electrons. The van der Waals surface area contributed by atoms with Crippen LogP contribution in [0.2, 0.25) is 0 Å². The molecule has 2 unspecified atom stereocenters. The first-order valence-corrected chi connectivity index (χ1v) is 8.99. The van der Waals surface area contributed by atoms with E-state index < -0.39 is 0 Å². The van der Waals surface area contributed by atoms with E-state index in [2.05, 4.69) is 86.6 Å². The first-order chi connectivity index (χ1) is 11.2. The molecule has 0 nitrogen and oxygen atoms in total. The Bertz CT molecular complexity index is 818. The lowest BCUT2D eigenvalue weighted by Gasteiger charge is -2.21. The predicted octanol–water partition coefficient (Wildman–Crippen LogP) is 6.28. The molecule has 4 rings (SSSR count). The normalized spacial score (nSPS) is 19.6. The van der Waals surface area contributed by atoms with Gasteiger partial charge in [-0.1, -0.05) is 77.9 Å². The molecule has 0 N–H and O–H groups in total. The lowest BCUT2D eigenvalue weighted by atomic mass is 9.85. The van der Waals surface area contributed by atoms with E-state index in [0.717, 1.165) is 0 Å². The van der Waals surface area contributed by atoms with Gasteiger partial charge in [-0.15, -0.1) is 11.8 Å². The smallest absolute Gasteiger partial charge is 0.0454 e. The third kappa shape index (κ3) is 2.70. The molecule has 0 radical (unpaired) electrons. The van der Waals surface area contributed by atoms with Crippen molar-refractivity contribution in [3.8, 4) is 0 Å². The van der Waals surface area contributed by atoms with E-state index in [9.17, 15) is 0 Å². The highest BCUT2D eigenvalue weighted by molar-refractivity contribution is 8.00. The highest BCUT2D eigenvalue weighted by Crippen LogP contribution is 2.56. The van der Waals surface area contributed by atoms with Gasteiger partial charge in [-0.05, 0) is 36.6 Å². The summed E-state index contributed by atoms with van der Waals surface area (Å²) in [6.45, 7) is 4.34. The van der Waals surface area contributed by atoms with Crippen LogP contribution in [0.3, 0.4) is 0 Å². The molecule has 23 heavy (non-hydrogen) atoms. The Hall–Kier alpha value is -1.99. The fourth-order valence-corrected chi connectivity index (χ4v) is 4.89. The van der Waals surface area contributed by atoms with E-state index in [1.807, 2.05) is 11.8 Å². The summed E-state index contributed by atoms with van der Waals surface area (Å²) in [7, 11) is 0. The Morgan fingerprint density at radius 2 is 1.39 bits per heavy atom. The summed E-state index contributed by atoms with van der Waals surface area (Å²) in [5.74, 6) is 0.429. The summed E-state index contributed by atoms with van der Waals surface area (Å²) < 4.78 is 0. The number of rotatable bonds is 2. The fraction of sp³-hybridized carbons (Fsp3) is 0.182. The number of thioether (sulfide) groups is 1. The van der Waals surface area contributed by atoms with Crippen molar-refractivity contribution >= 4 is 11.8 Å². The molecule has 1 heteroatoms. The summed E-state index contributed by atoms with van der Waals surface area (Å²) in [5, 5.41) is 0.454. The monoisotopic (exact) mass is 316 g/mol. The van der Waals surface area contributed by atoms with Crippen molar-refractivity contribution in [3.63, 3.8) is 0 Å². The minimum Gasteiger partial charge on any atom is -0.117 e. The number of hydrogen-bond donors (Lipinski definition) is 0. The molecule has 3 aromatic carbocycles. The number of aryl methyl sites for hydroxylation is 2. The maximum atomic E-state index is 2.37. The highest BCUT2D eigenvalue weighted by atomic mass is 32.2. The number of benzene rings is 3. The largest absolute Gasteiger partial charge is 0.117 e. The molecular weight excluding hydrogens is 296 g/mol. The molecule has 0 bridgehead atoms. The van der Waals surface area contributed by atoms with Gasteiger partial charge >= 0.3 is 0 Å². The van der Waals surface area contributed by atoms with Crippen molar-refractivity contribution in [1.82, 2.24) is 0 Å². The van der Waals surface area contributed by atoms with Crippen molar-refractivity contribution in [2.75, 3.05) is 0 Å². The molecule has 0 spiro atoms. The first kappa shape index (κ1) is 14.6. The second kappa shape index (κ2) is 5.90. The Kier molecular flexibility index (Phi) is 3.74. The summed E-state index contributed by atoms with van der Waals surface area (Å²) >= 11 is 2.01. The van der Waals surface area contributed by atoms with Gasteiger partial charge in [0.2, 0.25) is 0 Å². The third-order valence-corrected chi connectivity index (χ3v) is 6.05. The van der Waals surface area contributed by atoms with Crippen LogP contribution in [0.5, 0.6) is 0 Å². The zero-order valence-electron chi connectivity index (χ0n) is 13.5. The van der Waals surface area contributed by atoms with Crippen LogP contribution in [0.4, 0.5) is 0 Å². The third-order valence-electron chi connectivity index (χ3n) is 4.62. The molecule has 2 atom stereocenters. The molecule has 1 aliphatic heterocycles. The standard InChI is InChI=1S/C22H20S/c1-15-8-11-18(12-9-15)22-21(17-6-4-3-5-7-17)19-14-16(2)10-13-20(19)23-22/h3-14,21-22H,1-2H3. The van der Waals surface area contributed by atoms with E-state index >= 15 is 0 Å². The number of hydrogen-bond acceptors (Lipinski definition) is 1. The van der Waals surface area contributed by atoms with Crippen LogP contribution in [0.1, 0.15) is 39.0 Å². The second-order valence-corrected chi connectivity index (χ2v) is 7.56. The van der Waals surface area contributed by atoms with Crippen LogP contribution in [0.15, 0.2) is 77.7 Å². The van der Waals surface area contributed by atoms with Crippen LogP contribution in [-0.4, -0.2) is 0 Å². The van der Waals surface area contributed by atoms with Gasteiger partial charge in [0, 0.05) is 16.1 Å². The SMILES string of the molecule is Cc1ccc(C2Sc3ccc(C)cc3C2c2ccccc2)cc1. The second-order valence-electron chi connectivity index (χ2n) is 6.38. The van der Waals surface area contributed by atoms with Crippen molar-refractivity contribution < 1.29 is 0 Å². The average molecular weight is 316 g/mol. The fourth-order valence-electron chi connectivity index (χ4n) is 3.42. The molecule has 0 saturated heterocycles. The Morgan fingerprint density at radius 1 is 0.696 bits per heavy atom. The number of fused-ring (bicyclic) bond motifs is 1. The minimum atomic E-state index is 0.429. The van der Waals surface area contributed by atoms with Crippen molar-refractivity contribution in [2.45, 2.75) is 29.9 Å². The lowest BCUT2D eigenvalue weighted by Crippen LogP contribution is -2.05. The van der Waals surface area contributed by atoms with E-state index in [-0.39, 0.29) is 0 Å². The molecule has 0 amide bonds. The van der Waals surface area contributed by atoms with Crippen LogP contribution in [0, 0.1) is 13.8 Å². The van der Waals surface area contributed by atoms with Gasteiger partial charge in [-0.2, -0.15) is 0 Å². The zero-order chi connectivity index (χ0) is 15.8. The quantitative estimate of drug-likeness (QED) is 0.536. The van der Waals surface area contributed by atoms with Gasteiger partial charge in [0.15, 0.2) is 0 Å². The summed E-state index contributed by atoms with van der Waals surface area (Å²) in [4.78, 5) is 1.43. The molecule has 1 heterocycles. The van der Waals surface area contributed by atoms with Crippen LogP contribution >= 0.6 is 11.8 Å². The molecule has 1 aliphatic rings. The first-order valence-electron chi connectivity index (χ1n) is 8.11. The minimum absolute atomic E-state index is 0.429. The molecule has 3 aromatic rings. The van der Waals surface area contributed by atoms with Crippen molar-refractivity contribution in [3.05, 3.63) is 101 Å². The summed E-state index contributed by atoms with van der Waals surface area (Å²) in [5.41, 5.74) is 6.97. The molecular formula is C22H20S. The molecule has 0 aromatic heterocycles. The van der Waals surface area contributed by atoms with Gasteiger partial charge in [0.1, 0.15) is 0 Å². The molecule has 0 fully saturated rings. The van der Waals surface area contributed by atoms with Crippen molar-refractivity contribution in [2.24, 2.45) is 0 Å². The highest BCUT2D eigenvalue weighted by Gasteiger charge is 2.35. The lowest BCUT2D eigenvalue weighted by molar-refractivity contribution is 0.796. The van der Waals surface area contributed by atoms with Crippen LogP contribution in [-0.2, 0) is 0 Å². The predicted molar refractivity (Wildman–Crippen MR) is 99.2 cm³/mol. The van der Waals surface area contributed by atoms with E-state index in [1.165, 1.54) is 32.7 Å². The Labute approximate surface area is 142 Å². The average Bonchev–Trinajstić information content (AvgIpc) is 2.95. The maximum absolute atomic E-state index is 2.37. The molecule has 0 aliphatic carbocycles. The van der Waals surface area contributed by atoms with Crippen LogP contribution in [0.25, 0.3) is 0 Å². The van der Waals surface area contributed by atoms with Crippen LogP contribution < -0.4 is 0 Å². The van der Waals surface area contributed by atoms with Gasteiger partial charge in [-0.3, -0.25) is 0 Å². The molecule has 0 saturated carbocycles. The maximum Gasteiger partial charge on any atom is 0.0454 e. The zero-order valence-corrected chi connectivity index (χ0v) is 14.3. The summed E-state index contributed by atoms with van der Waals surface area (Å²) in [6, 6.07) is 26.9. The topological polar surface area (TPSA) is 0 Å². The summed E-state index contributed by atoms with van der Waals surface area (Å²) in [6.07, 6.45) is 0. The van der Waals surface area contributed by atoms with Gasteiger partial charge in [-0.25, -0.2) is 0 Å². The van der Waals surface area contributed by atoms with Gasteiger partial charge < -0.3 is 0 Å². The van der Waals surface area contributed by atoms with Gasteiger partial charge in [0.05, 0.1) is 0 Å². The van der Waals surface area contributed by atoms with Crippen molar-refractivity contribution in [1.29, 1.82) is 0 Å². The Morgan fingerprint density at radius 3 is 2.13 bits per heavy atom. The van der Waals surface area contributed by atoms with Gasteiger partial charge in [0.25, 0.3) is 0 Å².